The van der Waals surface area contributed by atoms with Crippen molar-refractivity contribution in [2.75, 3.05) is 13.1 Å². The van der Waals surface area contributed by atoms with Crippen molar-refractivity contribution in [1.29, 1.82) is 0 Å². The van der Waals surface area contributed by atoms with Gasteiger partial charge in [0.15, 0.2) is 0 Å². The summed E-state index contributed by atoms with van der Waals surface area (Å²) in [5.41, 5.74) is 1.35. The zero-order valence-electron chi connectivity index (χ0n) is 16.0. The fourth-order valence-electron chi connectivity index (χ4n) is 3.05. The van der Waals surface area contributed by atoms with E-state index in [0.717, 1.165) is 19.3 Å². The van der Waals surface area contributed by atoms with Gasteiger partial charge in [-0.25, -0.2) is 8.42 Å². The van der Waals surface area contributed by atoms with Gasteiger partial charge in [0.05, 0.1) is 17.1 Å². The van der Waals surface area contributed by atoms with Gasteiger partial charge in [0.25, 0.3) is 0 Å². The number of rotatable bonds is 6. The van der Waals surface area contributed by atoms with Gasteiger partial charge in [0, 0.05) is 25.8 Å². The minimum atomic E-state index is -3.48. The van der Waals surface area contributed by atoms with Gasteiger partial charge in [-0.2, -0.15) is 4.31 Å². The van der Waals surface area contributed by atoms with E-state index in [2.05, 4.69) is 15.6 Å². The number of pyridine rings is 1. The lowest BCUT2D eigenvalue weighted by Crippen LogP contribution is -2.39. The number of hydrogen-bond acceptors (Lipinski definition) is 5. The van der Waals surface area contributed by atoms with Crippen molar-refractivity contribution >= 4 is 21.8 Å². The molecule has 2 aromatic rings. The highest BCUT2D eigenvalue weighted by Crippen LogP contribution is 2.20. The molecule has 29 heavy (non-hydrogen) atoms. The van der Waals surface area contributed by atoms with E-state index in [1.54, 1.807) is 36.5 Å². The van der Waals surface area contributed by atoms with Crippen LogP contribution < -0.4 is 10.6 Å². The van der Waals surface area contributed by atoms with Gasteiger partial charge >= 0.3 is 11.8 Å². The average molecular weight is 417 g/mol. The van der Waals surface area contributed by atoms with Crippen molar-refractivity contribution in [2.45, 2.75) is 37.2 Å². The van der Waals surface area contributed by atoms with Crippen LogP contribution in [0.2, 0.25) is 0 Å². The molecule has 1 aromatic heterocycles. The maximum Gasteiger partial charge on any atom is 0.309 e. The van der Waals surface area contributed by atoms with E-state index in [4.69, 9.17) is 0 Å². The molecule has 0 saturated carbocycles. The molecular weight excluding hydrogens is 392 g/mol. The summed E-state index contributed by atoms with van der Waals surface area (Å²) in [5, 5.41) is 5.03. The van der Waals surface area contributed by atoms with Crippen LogP contribution in [0.25, 0.3) is 0 Å². The highest BCUT2D eigenvalue weighted by molar-refractivity contribution is 7.89. The summed E-state index contributed by atoms with van der Waals surface area (Å²) in [4.78, 5) is 28.1. The number of benzene rings is 1. The van der Waals surface area contributed by atoms with Crippen LogP contribution in [0, 0.1) is 0 Å². The molecule has 2 amide bonds. The molecule has 8 nitrogen and oxygen atoms in total. The highest BCUT2D eigenvalue weighted by Gasteiger charge is 2.25. The second-order valence-corrected chi connectivity index (χ2v) is 8.73. The van der Waals surface area contributed by atoms with E-state index in [1.807, 2.05) is 0 Å². The van der Waals surface area contributed by atoms with E-state index in [1.165, 1.54) is 16.4 Å². The van der Waals surface area contributed by atoms with Crippen molar-refractivity contribution in [3.8, 4) is 0 Å². The first kappa shape index (κ1) is 20.9. The predicted octanol–water partition coefficient (Wildman–Crippen LogP) is 1.19. The minimum Gasteiger partial charge on any atom is -0.344 e. The fourth-order valence-corrected chi connectivity index (χ4v) is 4.57. The first-order chi connectivity index (χ1) is 14.0. The van der Waals surface area contributed by atoms with Gasteiger partial charge < -0.3 is 10.6 Å². The summed E-state index contributed by atoms with van der Waals surface area (Å²) in [6.45, 7) is 1.39. The molecule has 1 aliphatic heterocycles. The van der Waals surface area contributed by atoms with Crippen LogP contribution >= 0.6 is 0 Å². The lowest BCUT2D eigenvalue weighted by Gasteiger charge is -2.25. The summed E-state index contributed by atoms with van der Waals surface area (Å²) >= 11 is 0. The third-order valence-corrected chi connectivity index (χ3v) is 6.60. The minimum absolute atomic E-state index is 0.125. The number of piperidine rings is 1. The van der Waals surface area contributed by atoms with Crippen LogP contribution in [0.3, 0.4) is 0 Å². The van der Waals surface area contributed by atoms with E-state index in [-0.39, 0.29) is 18.0 Å². The summed E-state index contributed by atoms with van der Waals surface area (Å²) in [6.07, 6.45) is 4.42. The Hall–Kier alpha value is -2.78. The number of nitrogens with zero attached hydrogens (tertiary/aromatic N) is 2. The second kappa shape index (κ2) is 9.62. The molecule has 0 atom stereocenters. The molecule has 0 spiro atoms. The van der Waals surface area contributed by atoms with Crippen LogP contribution in [0.15, 0.2) is 53.6 Å². The van der Waals surface area contributed by atoms with Crippen LogP contribution in [0.4, 0.5) is 0 Å². The van der Waals surface area contributed by atoms with E-state index >= 15 is 0 Å². The SMILES string of the molecule is O=C(NCc1ccc(S(=O)(=O)N2CCCCC2)cc1)C(=O)NCc1ccccn1. The third-order valence-electron chi connectivity index (χ3n) is 4.69. The van der Waals surface area contributed by atoms with E-state index in [9.17, 15) is 18.0 Å². The van der Waals surface area contributed by atoms with Crippen molar-refractivity contribution < 1.29 is 18.0 Å². The Kier molecular flexibility index (Phi) is 6.95. The lowest BCUT2D eigenvalue weighted by atomic mass is 10.2. The van der Waals surface area contributed by atoms with Crippen LogP contribution in [-0.2, 0) is 32.7 Å². The van der Waals surface area contributed by atoms with Crippen molar-refractivity contribution in [3.05, 3.63) is 59.9 Å². The van der Waals surface area contributed by atoms with Gasteiger partial charge in [0.1, 0.15) is 0 Å². The Morgan fingerprint density at radius 3 is 2.17 bits per heavy atom. The zero-order valence-corrected chi connectivity index (χ0v) is 16.8. The maximum absolute atomic E-state index is 12.6. The largest absolute Gasteiger partial charge is 0.344 e. The molecule has 9 heteroatoms. The number of carbonyl (C=O) groups is 2. The first-order valence-corrected chi connectivity index (χ1v) is 11.0. The summed E-state index contributed by atoms with van der Waals surface area (Å²) in [6, 6.07) is 11.7. The Balaban J connectivity index is 1.50. The lowest BCUT2D eigenvalue weighted by molar-refractivity contribution is -0.139. The summed E-state index contributed by atoms with van der Waals surface area (Å²) in [7, 11) is -3.48. The van der Waals surface area contributed by atoms with Crippen LogP contribution in [0.5, 0.6) is 0 Å². The van der Waals surface area contributed by atoms with Crippen molar-refractivity contribution in [1.82, 2.24) is 19.9 Å². The number of sulfonamides is 1. The molecule has 1 saturated heterocycles. The Morgan fingerprint density at radius 1 is 0.897 bits per heavy atom. The Bertz CT molecular complexity index is 940. The third kappa shape index (κ3) is 5.61. The molecule has 0 bridgehead atoms. The van der Waals surface area contributed by atoms with Crippen molar-refractivity contribution in [3.63, 3.8) is 0 Å². The molecule has 3 rings (SSSR count). The molecule has 1 aromatic carbocycles. The molecule has 2 N–H and O–H groups in total. The molecule has 154 valence electrons. The molecular formula is C20H24N4O4S. The fraction of sp³-hybridized carbons (Fsp3) is 0.350. The van der Waals surface area contributed by atoms with E-state index < -0.39 is 21.8 Å². The molecule has 0 radical (unpaired) electrons. The topological polar surface area (TPSA) is 108 Å². The van der Waals surface area contributed by atoms with E-state index in [0.29, 0.717) is 24.3 Å². The van der Waals surface area contributed by atoms with Gasteiger partial charge in [-0.05, 0) is 42.7 Å². The maximum atomic E-state index is 12.6. The van der Waals surface area contributed by atoms with Crippen LogP contribution in [-0.4, -0.2) is 42.6 Å². The van der Waals surface area contributed by atoms with Crippen molar-refractivity contribution in [2.24, 2.45) is 0 Å². The quantitative estimate of drug-likeness (QED) is 0.688. The number of hydrogen-bond donors (Lipinski definition) is 2. The average Bonchev–Trinajstić information content (AvgIpc) is 2.77. The Morgan fingerprint density at radius 2 is 1.55 bits per heavy atom. The smallest absolute Gasteiger partial charge is 0.309 e. The Labute approximate surface area is 170 Å². The summed E-state index contributed by atoms with van der Waals surface area (Å²) in [5.74, 6) is -1.51. The molecule has 2 heterocycles. The van der Waals surface area contributed by atoms with Gasteiger partial charge in [-0.1, -0.05) is 24.6 Å². The molecule has 0 aliphatic carbocycles. The number of amides is 2. The normalized spacial score (nSPS) is 14.9. The predicted molar refractivity (Wildman–Crippen MR) is 107 cm³/mol. The molecule has 1 aliphatic rings. The van der Waals surface area contributed by atoms with Gasteiger partial charge in [-0.15, -0.1) is 0 Å². The summed E-state index contributed by atoms with van der Waals surface area (Å²) < 4.78 is 26.8. The zero-order chi connectivity index (χ0) is 20.7. The second-order valence-electron chi connectivity index (χ2n) is 6.80. The molecule has 0 unspecified atom stereocenters. The highest BCUT2D eigenvalue weighted by atomic mass is 32.2. The molecule has 1 fully saturated rings. The number of aromatic nitrogens is 1. The first-order valence-electron chi connectivity index (χ1n) is 9.52. The number of carbonyl (C=O) groups excluding carboxylic acids is 2. The van der Waals surface area contributed by atoms with Crippen LogP contribution in [0.1, 0.15) is 30.5 Å². The van der Waals surface area contributed by atoms with Gasteiger partial charge in [-0.3, -0.25) is 14.6 Å². The monoisotopic (exact) mass is 416 g/mol. The number of nitrogens with one attached hydrogen (secondary N) is 2. The van der Waals surface area contributed by atoms with Gasteiger partial charge in [0.2, 0.25) is 10.0 Å². The standard InChI is InChI=1S/C20H24N4O4S/c25-19(20(26)23-15-17-6-2-3-11-21-17)22-14-16-7-9-18(10-8-16)29(27,28)24-12-4-1-5-13-24/h2-3,6-11H,1,4-5,12-15H2,(H,22,25)(H,23,26).